The van der Waals surface area contributed by atoms with Crippen molar-refractivity contribution in [3.63, 3.8) is 0 Å². The summed E-state index contributed by atoms with van der Waals surface area (Å²) in [6.07, 6.45) is 2.66. The van der Waals surface area contributed by atoms with Gasteiger partial charge in [-0.25, -0.2) is 4.39 Å². The highest BCUT2D eigenvalue weighted by Crippen LogP contribution is 2.44. The lowest BCUT2D eigenvalue weighted by atomic mass is 9.64. The predicted molar refractivity (Wildman–Crippen MR) is 84.2 cm³/mol. The van der Waals surface area contributed by atoms with Gasteiger partial charge in [0.15, 0.2) is 0 Å². The van der Waals surface area contributed by atoms with E-state index in [0.29, 0.717) is 6.54 Å². The molecule has 2 aliphatic rings. The summed E-state index contributed by atoms with van der Waals surface area (Å²) in [7, 11) is 0. The molecule has 2 fully saturated rings. The summed E-state index contributed by atoms with van der Waals surface area (Å²) >= 11 is 0. The quantitative estimate of drug-likeness (QED) is 0.861. The van der Waals surface area contributed by atoms with Crippen LogP contribution < -0.4 is 10.6 Å². The van der Waals surface area contributed by atoms with Gasteiger partial charge in [0.2, 0.25) is 5.91 Å². The van der Waals surface area contributed by atoms with Crippen molar-refractivity contribution < 1.29 is 9.18 Å². The van der Waals surface area contributed by atoms with Crippen LogP contribution in [0.4, 0.5) is 4.39 Å². The fourth-order valence-electron chi connectivity index (χ4n) is 3.39. The molecular formula is C17H24FN3O. The summed E-state index contributed by atoms with van der Waals surface area (Å²) in [6, 6.07) is 6.50. The van der Waals surface area contributed by atoms with E-state index >= 15 is 0 Å². The van der Waals surface area contributed by atoms with Gasteiger partial charge in [0.05, 0.1) is 5.41 Å². The molecule has 1 saturated heterocycles. The number of amides is 1. The zero-order valence-electron chi connectivity index (χ0n) is 12.9. The predicted octanol–water partition coefficient (Wildman–Crippen LogP) is 1.27. The number of hydrogen-bond donors (Lipinski definition) is 2. The van der Waals surface area contributed by atoms with Gasteiger partial charge in [-0.05, 0) is 30.5 Å². The van der Waals surface area contributed by atoms with Gasteiger partial charge in [-0.1, -0.05) is 18.6 Å². The van der Waals surface area contributed by atoms with Gasteiger partial charge in [0.25, 0.3) is 0 Å². The Morgan fingerprint density at radius 2 is 2.09 bits per heavy atom. The molecule has 0 atom stereocenters. The standard InChI is InChI=1S/C17H24FN3O/c18-15-4-1-3-14(13-15)17(5-2-6-17)16(22)20-9-12-21-10-7-19-8-11-21/h1,3-4,13,19H,2,5-12H2,(H,20,22). The molecule has 1 heterocycles. The van der Waals surface area contributed by atoms with Crippen molar-refractivity contribution in [3.8, 4) is 0 Å². The van der Waals surface area contributed by atoms with Crippen LogP contribution in [0.15, 0.2) is 24.3 Å². The molecule has 1 aliphatic carbocycles. The van der Waals surface area contributed by atoms with E-state index in [2.05, 4.69) is 15.5 Å². The lowest BCUT2D eigenvalue weighted by molar-refractivity contribution is -0.130. The topological polar surface area (TPSA) is 44.4 Å². The third kappa shape index (κ3) is 3.15. The smallest absolute Gasteiger partial charge is 0.230 e. The second-order valence-electron chi connectivity index (χ2n) is 6.29. The minimum atomic E-state index is -0.508. The Morgan fingerprint density at radius 1 is 1.32 bits per heavy atom. The van der Waals surface area contributed by atoms with Crippen LogP contribution in [0.2, 0.25) is 0 Å². The minimum Gasteiger partial charge on any atom is -0.354 e. The molecule has 0 radical (unpaired) electrons. The molecule has 22 heavy (non-hydrogen) atoms. The van der Waals surface area contributed by atoms with Crippen LogP contribution in [-0.4, -0.2) is 50.1 Å². The monoisotopic (exact) mass is 305 g/mol. The molecule has 3 rings (SSSR count). The van der Waals surface area contributed by atoms with E-state index in [1.807, 2.05) is 6.07 Å². The number of halogens is 1. The number of hydrogen-bond acceptors (Lipinski definition) is 3. The Labute approximate surface area is 131 Å². The lowest BCUT2D eigenvalue weighted by Gasteiger charge is -2.41. The summed E-state index contributed by atoms with van der Waals surface area (Å²) in [5, 5.41) is 6.39. The number of benzene rings is 1. The maximum absolute atomic E-state index is 13.5. The molecule has 1 amide bonds. The maximum atomic E-state index is 13.5. The van der Waals surface area contributed by atoms with E-state index in [1.54, 1.807) is 6.07 Å². The molecule has 1 aliphatic heterocycles. The molecule has 120 valence electrons. The summed E-state index contributed by atoms with van der Waals surface area (Å²) in [6.45, 7) is 5.64. The van der Waals surface area contributed by atoms with E-state index in [4.69, 9.17) is 0 Å². The van der Waals surface area contributed by atoms with Crippen molar-refractivity contribution in [1.82, 2.24) is 15.5 Å². The van der Waals surface area contributed by atoms with Crippen molar-refractivity contribution in [2.75, 3.05) is 39.3 Å². The first-order valence-corrected chi connectivity index (χ1v) is 8.18. The molecule has 5 heteroatoms. The van der Waals surface area contributed by atoms with Gasteiger partial charge in [0.1, 0.15) is 5.82 Å². The van der Waals surface area contributed by atoms with Crippen LogP contribution in [0.3, 0.4) is 0 Å². The van der Waals surface area contributed by atoms with Crippen molar-refractivity contribution >= 4 is 5.91 Å². The van der Waals surface area contributed by atoms with Gasteiger partial charge >= 0.3 is 0 Å². The molecule has 1 aromatic rings. The van der Waals surface area contributed by atoms with Gasteiger partial charge in [-0.3, -0.25) is 9.69 Å². The third-order valence-electron chi connectivity index (χ3n) is 4.94. The van der Waals surface area contributed by atoms with Crippen LogP contribution in [0.25, 0.3) is 0 Å². The highest BCUT2D eigenvalue weighted by Gasteiger charge is 2.45. The highest BCUT2D eigenvalue weighted by atomic mass is 19.1. The first-order chi connectivity index (χ1) is 10.7. The van der Waals surface area contributed by atoms with Crippen molar-refractivity contribution in [2.24, 2.45) is 0 Å². The molecule has 0 unspecified atom stereocenters. The molecule has 2 N–H and O–H groups in total. The lowest BCUT2D eigenvalue weighted by Crippen LogP contribution is -2.51. The second-order valence-corrected chi connectivity index (χ2v) is 6.29. The Morgan fingerprint density at radius 3 is 2.73 bits per heavy atom. The first-order valence-electron chi connectivity index (χ1n) is 8.18. The van der Waals surface area contributed by atoms with Crippen molar-refractivity contribution in [3.05, 3.63) is 35.6 Å². The van der Waals surface area contributed by atoms with Gasteiger partial charge in [0, 0.05) is 39.3 Å². The van der Waals surface area contributed by atoms with Gasteiger partial charge in [-0.15, -0.1) is 0 Å². The first kappa shape index (κ1) is 15.4. The highest BCUT2D eigenvalue weighted by molar-refractivity contribution is 5.89. The number of carbonyl (C=O) groups is 1. The number of rotatable bonds is 5. The fourth-order valence-corrected chi connectivity index (χ4v) is 3.39. The third-order valence-corrected chi connectivity index (χ3v) is 4.94. The van der Waals surface area contributed by atoms with Crippen molar-refractivity contribution in [2.45, 2.75) is 24.7 Å². The Hall–Kier alpha value is -1.46. The fraction of sp³-hybridized carbons (Fsp3) is 0.588. The number of carbonyl (C=O) groups excluding carboxylic acids is 1. The molecule has 1 aromatic carbocycles. The Balaban J connectivity index is 1.57. The van der Waals surface area contributed by atoms with Gasteiger partial charge < -0.3 is 10.6 Å². The van der Waals surface area contributed by atoms with Crippen LogP contribution in [-0.2, 0) is 10.2 Å². The molecule has 1 saturated carbocycles. The SMILES string of the molecule is O=C(NCCN1CCNCC1)C1(c2cccc(F)c2)CCC1. The van der Waals surface area contributed by atoms with Crippen LogP contribution >= 0.6 is 0 Å². The van der Waals surface area contributed by atoms with E-state index in [-0.39, 0.29) is 11.7 Å². The van der Waals surface area contributed by atoms with Crippen LogP contribution in [0.1, 0.15) is 24.8 Å². The minimum absolute atomic E-state index is 0.0551. The van der Waals surface area contributed by atoms with E-state index in [0.717, 1.165) is 57.5 Å². The van der Waals surface area contributed by atoms with E-state index in [9.17, 15) is 9.18 Å². The average molecular weight is 305 g/mol. The zero-order chi connectivity index (χ0) is 15.4. The molecule has 4 nitrogen and oxygen atoms in total. The number of piperazine rings is 1. The summed E-state index contributed by atoms with van der Waals surface area (Å²) < 4.78 is 13.5. The molecule has 0 spiro atoms. The Kier molecular flexibility index (Phi) is 4.74. The average Bonchev–Trinajstić information content (AvgIpc) is 2.47. The van der Waals surface area contributed by atoms with Gasteiger partial charge in [-0.2, -0.15) is 0 Å². The van der Waals surface area contributed by atoms with Crippen molar-refractivity contribution in [1.29, 1.82) is 0 Å². The normalized spacial score (nSPS) is 21.1. The maximum Gasteiger partial charge on any atom is 0.230 e. The van der Waals surface area contributed by atoms with E-state index in [1.165, 1.54) is 12.1 Å². The summed E-state index contributed by atoms with van der Waals surface area (Å²) in [5.74, 6) is -0.211. The largest absolute Gasteiger partial charge is 0.354 e. The summed E-state index contributed by atoms with van der Waals surface area (Å²) in [5.41, 5.74) is 0.310. The number of nitrogens with one attached hydrogen (secondary N) is 2. The Bertz CT molecular complexity index is 524. The zero-order valence-corrected chi connectivity index (χ0v) is 12.9. The summed E-state index contributed by atoms with van der Waals surface area (Å²) in [4.78, 5) is 15.0. The second kappa shape index (κ2) is 6.75. The molecule has 0 bridgehead atoms. The van der Waals surface area contributed by atoms with E-state index < -0.39 is 5.41 Å². The van der Waals surface area contributed by atoms with Crippen LogP contribution in [0.5, 0.6) is 0 Å². The number of nitrogens with zero attached hydrogens (tertiary/aromatic N) is 1. The molecular weight excluding hydrogens is 281 g/mol. The van der Waals surface area contributed by atoms with Crippen LogP contribution in [0, 0.1) is 5.82 Å². The molecule has 0 aromatic heterocycles.